The van der Waals surface area contributed by atoms with Gasteiger partial charge in [-0.1, -0.05) is 25.3 Å². The van der Waals surface area contributed by atoms with Gasteiger partial charge in [0.05, 0.1) is 5.57 Å². The van der Waals surface area contributed by atoms with Crippen molar-refractivity contribution >= 4 is 11.9 Å². The van der Waals surface area contributed by atoms with E-state index in [4.69, 9.17) is 9.47 Å². The Morgan fingerprint density at radius 1 is 1.14 bits per heavy atom. The SMILES string of the molecule is CC(=O)O[C@H](C)/C(=C/C1CCCCC1)C(=O)OC(C)(C)C. The van der Waals surface area contributed by atoms with Gasteiger partial charge in [-0.05, 0) is 46.5 Å². The van der Waals surface area contributed by atoms with Crippen LogP contribution < -0.4 is 0 Å². The van der Waals surface area contributed by atoms with Crippen molar-refractivity contribution < 1.29 is 19.1 Å². The molecule has 1 rings (SSSR count). The zero-order valence-corrected chi connectivity index (χ0v) is 13.9. The van der Waals surface area contributed by atoms with E-state index in [0.717, 1.165) is 12.8 Å². The highest BCUT2D eigenvalue weighted by atomic mass is 16.6. The first-order valence-corrected chi connectivity index (χ1v) is 7.81. The van der Waals surface area contributed by atoms with Gasteiger partial charge in [-0.3, -0.25) is 4.79 Å². The Bertz CT molecular complexity index is 398. The highest BCUT2D eigenvalue weighted by molar-refractivity contribution is 5.90. The summed E-state index contributed by atoms with van der Waals surface area (Å²) in [5.41, 5.74) is -0.0920. The number of esters is 2. The van der Waals surface area contributed by atoms with Crippen LogP contribution in [0.25, 0.3) is 0 Å². The summed E-state index contributed by atoms with van der Waals surface area (Å²) in [5, 5.41) is 0. The second kappa shape index (κ2) is 7.62. The summed E-state index contributed by atoms with van der Waals surface area (Å²) >= 11 is 0. The first-order valence-electron chi connectivity index (χ1n) is 7.81. The minimum Gasteiger partial charge on any atom is -0.458 e. The molecule has 4 heteroatoms. The van der Waals surface area contributed by atoms with Crippen molar-refractivity contribution in [1.29, 1.82) is 0 Å². The summed E-state index contributed by atoms with van der Waals surface area (Å²) in [4.78, 5) is 23.5. The van der Waals surface area contributed by atoms with Crippen LogP contribution in [0.2, 0.25) is 0 Å². The van der Waals surface area contributed by atoms with Gasteiger partial charge < -0.3 is 9.47 Å². The number of ether oxygens (including phenoxy) is 2. The van der Waals surface area contributed by atoms with Gasteiger partial charge in [0.2, 0.25) is 0 Å². The van der Waals surface area contributed by atoms with Crippen LogP contribution in [0.15, 0.2) is 11.6 Å². The van der Waals surface area contributed by atoms with Crippen LogP contribution in [-0.2, 0) is 19.1 Å². The van der Waals surface area contributed by atoms with E-state index in [-0.39, 0.29) is 11.9 Å². The second-order valence-corrected chi connectivity index (χ2v) is 6.77. The van der Waals surface area contributed by atoms with E-state index >= 15 is 0 Å². The van der Waals surface area contributed by atoms with Gasteiger partial charge in [-0.25, -0.2) is 4.79 Å². The van der Waals surface area contributed by atoms with Gasteiger partial charge in [0.25, 0.3) is 0 Å². The summed E-state index contributed by atoms with van der Waals surface area (Å²) < 4.78 is 10.6. The summed E-state index contributed by atoms with van der Waals surface area (Å²) in [7, 11) is 0. The average Bonchev–Trinajstić information content (AvgIpc) is 2.34. The normalized spacial score (nSPS) is 19.0. The number of carbonyl (C=O) groups is 2. The van der Waals surface area contributed by atoms with Crippen LogP contribution in [0.5, 0.6) is 0 Å². The summed E-state index contributed by atoms with van der Waals surface area (Å²) in [6.07, 6.45) is 7.18. The molecule has 0 aromatic heterocycles. The summed E-state index contributed by atoms with van der Waals surface area (Å²) in [6.45, 7) is 8.57. The van der Waals surface area contributed by atoms with Crippen molar-refractivity contribution in [1.82, 2.24) is 0 Å². The molecule has 120 valence electrons. The van der Waals surface area contributed by atoms with Crippen LogP contribution >= 0.6 is 0 Å². The zero-order valence-electron chi connectivity index (χ0n) is 13.9. The lowest BCUT2D eigenvalue weighted by molar-refractivity contribution is -0.153. The molecule has 21 heavy (non-hydrogen) atoms. The number of allylic oxidation sites excluding steroid dienone is 1. The largest absolute Gasteiger partial charge is 0.458 e. The van der Waals surface area contributed by atoms with Gasteiger partial charge in [-0.2, -0.15) is 0 Å². The highest BCUT2D eigenvalue weighted by Gasteiger charge is 2.27. The highest BCUT2D eigenvalue weighted by Crippen LogP contribution is 2.27. The fraction of sp³-hybridized carbons (Fsp3) is 0.765. The fourth-order valence-electron chi connectivity index (χ4n) is 2.57. The van der Waals surface area contributed by atoms with E-state index < -0.39 is 11.7 Å². The van der Waals surface area contributed by atoms with Crippen molar-refractivity contribution in [2.75, 3.05) is 0 Å². The number of carbonyl (C=O) groups excluding carboxylic acids is 2. The van der Waals surface area contributed by atoms with Crippen molar-refractivity contribution in [3.05, 3.63) is 11.6 Å². The molecule has 0 aliphatic heterocycles. The number of rotatable bonds is 4. The van der Waals surface area contributed by atoms with E-state index in [0.29, 0.717) is 11.5 Å². The lowest BCUT2D eigenvalue weighted by atomic mass is 9.87. The maximum Gasteiger partial charge on any atom is 0.337 e. The maximum atomic E-state index is 12.4. The van der Waals surface area contributed by atoms with Crippen molar-refractivity contribution in [2.45, 2.75) is 78.4 Å². The molecular weight excluding hydrogens is 268 g/mol. The molecule has 0 saturated heterocycles. The van der Waals surface area contributed by atoms with Crippen LogP contribution in [0, 0.1) is 5.92 Å². The topological polar surface area (TPSA) is 52.6 Å². The van der Waals surface area contributed by atoms with Crippen LogP contribution in [0.4, 0.5) is 0 Å². The van der Waals surface area contributed by atoms with Gasteiger partial charge in [0.1, 0.15) is 11.7 Å². The molecule has 0 N–H and O–H groups in total. The Balaban J connectivity index is 2.89. The Hall–Kier alpha value is -1.32. The van der Waals surface area contributed by atoms with Crippen LogP contribution in [0.1, 0.15) is 66.7 Å². The van der Waals surface area contributed by atoms with Gasteiger partial charge in [0.15, 0.2) is 0 Å². The Morgan fingerprint density at radius 2 is 1.71 bits per heavy atom. The minimum absolute atomic E-state index is 0.374. The standard InChI is InChI=1S/C17H28O4/c1-12(20-13(2)18)15(16(19)21-17(3,4)5)11-14-9-7-6-8-10-14/h11-12,14H,6-10H2,1-5H3/b15-11-/t12-/m1/s1. The summed E-state index contributed by atoms with van der Waals surface area (Å²) in [6, 6.07) is 0. The van der Waals surface area contributed by atoms with Gasteiger partial charge >= 0.3 is 11.9 Å². The molecule has 0 amide bonds. The predicted molar refractivity (Wildman–Crippen MR) is 81.7 cm³/mol. The molecule has 0 aromatic rings. The zero-order chi connectivity index (χ0) is 16.0. The lowest BCUT2D eigenvalue weighted by Gasteiger charge is -2.25. The Kier molecular flexibility index (Phi) is 6.43. The summed E-state index contributed by atoms with van der Waals surface area (Å²) in [5.74, 6) is -0.401. The van der Waals surface area contributed by atoms with Crippen molar-refractivity contribution in [2.24, 2.45) is 5.92 Å². The Morgan fingerprint density at radius 3 is 2.19 bits per heavy atom. The molecule has 0 unspecified atom stereocenters. The van der Waals surface area contributed by atoms with Crippen LogP contribution in [-0.4, -0.2) is 23.6 Å². The first kappa shape index (κ1) is 17.7. The molecule has 1 aliphatic rings. The Labute approximate surface area is 127 Å². The fourth-order valence-corrected chi connectivity index (χ4v) is 2.57. The first-order chi connectivity index (χ1) is 9.69. The minimum atomic E-state index is -0.570. The van der Waals surface area contributed by atoms with Gasteiger partial charge in [0, 0.05) is 6.92 Å². The third-order valence-corrected chi connectivity index (χ3v) is 3.48. The van der Waals surface area contributed by atoms with Crippen molar-refractivity contribution in [3.63, 3.8) is 0 Å². The van der Waals surface area contributed by atoms with E-state index in [1.807, 2.05) is 26.8 Å². The maximum absolute atomic E-state index is 12.4. The molecule has 4 nitrogen and oxygen atoms in total. The molecule has 1 atom stereocenters. The number of hydrogen-bond acceptors (Lipinski definition) is 4. The molecule has 1 fully saturated rings. The molecule has 1 saturated carbocycles. The van der Waals surface area contributed by atoms with E-state index in [9.17, 15) is 9.59 Å². The van der Waals surface area contributed by atoms with E-state index in [1.165, 1.54) is 26.2 Å². The molecule has 0 radical (unpaired) electrons. The van der Waals surface area contributed by atoms with Crippen molar-refractivity contribution in [3.8, 4) is 0 Å². The molecule has 0 spiro atoms. The third-order valence-electron chi connectivity index (χ3n) is 3.48. The quantitative estimate of drug-likeness (QED) is 0.585. The smallest absolute Gasteiger partial charge is 0.337 e. The third kappa shape index (κ3) is 6.78. The van der Waals surface area contributed by atoms with E-state index in [1.54, 1.807) is 6.92 Å². The number of hydrogen-bond donors (Lipinski definition) is 0. The molecule has 0 bridgehead atoms. The lowest BCUT2D eigenvalue weighted by Crippen LogP contribution is -2.30. The monoisotopic (exact) mass is 296 g/mol. The van der Waals surface area contributed by atoms with Crippen LogP contribution in [0.3, 0.4) is 0 Å². The average molecular weight is 296 g/mol. The molecular formula is C17H28O4. The molecule has 0 heterocycles. The predicted octanol–water partition coefficient (Wildman–Crippen LogP) is 3.79. The molecule has 0 aromatic carbocycles. The molecule has 1 aliphatic carbocycles. The second-order valence-electron chi connectivity index (χ2n) is 6.77. The van der Waals surface area contributed by atoms with E-state index in [2.05, 4.69) is 0 Å². The van der Waals surface area contributed by atoms with Gasteiger partial charge in [-0.15, -0.1) is 0 Å².